The van der Waals surface area contributed by atoms with Gasteiger partial charge in [-0.05, 0) is 31.6 Å². The van der Waals surface area contributed by atoms with Gasteiger partial charge in [-0.15, -0.1) is 0 Å². The van der Waals surface area contributed by atoms with E-state index >= 15 is 0 Å². The van der Waals surface area contributed by atoms with E-state index in [-0.39, 0.29) is 17.7 Å². The van der Waals surface area contributed by atoms with E-state index in [1.165, 1.54) is 18.5 Å². The van der Waals surface area contributed by atoms with E-state index in [4.69, 9.17) is 0 Å². The summed E-state index contributed by atoms with van der Waals surface area (Å²) in [6.07, 6.45) is 8.10. The lowest BCUT2D eigenvalue weighted by molar-refractivity contribution is 0.0937. The van der Waals surface area contributed by atoms with Gasteiger partial charge in [0.25, 0.3) is 5.91 Å². The molecule has 0 spiro atoms. The molecule has 1 heterocycles. The number of rotatable bonds is 3. The molecule has 1 aliphatic rings. The second-order valence-electron chi connectivity index (χ2n) is 4.27. The fraction of sp³-hybridized carbons (Fsp3) is 0.500. The lowest BCUT2D eigenvalue weighted by atomic mass is 10.2. The minimum atomic E-state index is -0.153. The molecule has 0 radical (unpaired) electrons. The summed E-state index contributed by atoms with van der Waals surface area (Å²) in [4.78, 5) is 15.7. The zero-order chi connectivity index (χ0) is 12.3. The molecule has 0 saturated heterocycles. The highest BCUT2D eigenvalue weighted by Gasteiger charge is 2.25. The van der Waals surface area contributed by atoms with Crippen LogP contribution in [0.25, 0.3) is 0 Å². The molecule has 5 heteroatoms. The summed E-state index contributed by atoms with van der Waals surface area (Å²) >= 11 is 1.86. The van der Waals surface area contributed by atoms with Gasteiger partial charge >= 0.3 is 0 Å². The molecule has 1 saturated carbocycles. The summed E-state index contributed by atoms with van der Waals surface area (Å²) in [5, 5.41) is 12.9. The Morgan fingerprint density at radius 2 is 2.35 bits per heavy atom. The number of hydrogen-bond donors (Lipinski definition) is 2. The number of hydrogen-bond acceptors (Lipinski definition) is 4. The molecule has 1 fully saturated rings. The van der Waals surface area contributed by atoms with Crippen molar-refractivity contribution >= 4 is 17.7 Å². The average Bonchev–Trinajstić information content (AvgIpc) is 2.77. The fourth-order valence-electron chi connectivity index (χ4n) is 2.11. The lowest BCUT2D eigenvalue weighted by Crippen LogP contribution is -2.33. The fourth-order valence-corrected chi connectivity index (χ4v) is 2.90. The van der Waals surface area contributed by atoms with Crippen molar-refractivity contribution in [2.24, 2.45) is 0 Å². The quantitative estimate of drug-likeness (QED) is 0.861. The van der Waals surface area contributed by atoms with Gasteiger partial charge in [-0.2, -0.15) is 11.8 Å². The maximum Gasteiger partial charge on any atom is 0.253 e. The van der Waals surface area contributed by atoms with E-state index in [1.54, 1.807) is 0 Å². The molecule has 17 heavy (non-hydrogen) atoms. The summed E-state index contributed by atoms with van der Waals surface area (Å²) in [5.41, 5.74) is 0.414. The monoisotopic (exact) mass is 252 g/mol. The molecule has 4 nitrogen and oxygen atoms in total. The number of amides is 1. The van der Waals surface area contributed by atoms with Crippen molar-refractivity contribution in [3.8, 4) is 5.75 Å². The molecule has 0 aromatic carbocycles. The third-order valence-electron chi connectivity index (χ3n) is 3.04. The Bertz CT molecular complexity index is 411. The highest BCUT2D eigenvalue weighted by atomic mass is 32.2. The Morgan fingerprint density at radius 3 is 3.00 bits per heavy atom. The summed E-state index contributed by atoms with van der Waals surface area (Å²) in [5.74, 6) is -0.133. The molecule has 1 aromatic rings. The van der Waals surface area contributed by atoms with E-state index in [2.05, 4.69) is 16.6 Å². The van der Waals surface area contributed by atoms with Crippen molar-refractivity contribution in [2.75, 3.05) is 6.26 Å². The predicted molar refractivity (Wildman–Crippen MR) is 68.3 cm³/mol. The number of aromatic hydroxyl groups is 1. The SMILES string of the molecule is CSC1CCC(NC(=O)c2cncc(O)c2)C1. The smallest absolute Gasteiger partial charge is 0.253 e. The number of aromatic nitrogens is 1. The third-order valence-corrected chi connectivity index (χ3v) is 4.13. The number of nitrogens with one attached hydrogen (secondary N) is 1. The Morgan fingerprint density at radius 1 is 1.53 bits per heavy atom. The van der Waals surface area contributed by atoms with Crippen LogP contribution in [0, 0.1) is 0 Å². The number of thioether (sulfide) groups is 1. The molecule has 2 unspecified atom stereocenters. The van der Waals surface area contributed by atoms with Crippen LogP contribution in [0.1, 0.15) is 29.6 Å². The van der Waals surface area contributed by atoms with E-state index < -0.39 is 0 Å². The van der Waals surface area contributed by atoms with Crippen LogP contribution in [-0.2, 0) is 0 Å². The highest BCUT2D eigenvalue weighted by Crippen LogP contribution is 2.28. The first-order valence-electron chi connectivity index (χ1n) is 5.66. The van der Waals surface area contributed by atoms with E-state index in [1.807, 2.05) is 11.8 Å². The van der Waals surface area contributed by atoms with Gasteiger partial charge in [0, 0.05) is 17.5 Å². The molecule has 0 bridgehead atoms. The third kappa shape index (κ3) is 3.12. The van der Waals surface area contributed by atoms with Crippen molar-refractivity contribution in [2.45, 2.75) is 30.6 Å². The van der Waals surface area contributed by atoms with E-state index in [0.29, 0.717) is 10.8 Å². The first-order valence-corrected chi connectivity index (χ1v) is 6.95. The molecule has 92 valence electrons. The standard InChI is InChI=1S/C12H16N2O2S/c1-17-11-3-2-9(5-11)14-12(16)8-4-10(15)7-13-6-8/h4,6-7,9,11,15H,2-3,5H2,1H3,(H,14,16). The average molecular weight is 252 g/mol. The molecule has 2 atom stereocenters. The molecule has 1 amide bonds. The van der Waals surface area contributed by atoms with Gasteiger partial charge in [0.15, 0.2) is 0 Å². The van der Waals surface area contributed by atoms with Crippen molar-refractivity contribution in [3.05, 3.63) is 24.0 Å². The summed E-state index contributed by atoms with van der Waals surface area (Å²) in [6, 6.07) is 1.69. The Hall–Kier alpha value is -1.23. The van der Waals surface area contributed by atoms with Gasteiger partial charge in [-0.3, -0.25) is 9.78 Å². The summed E-state index contributed by atoms with van der Waals surface area (Å²) < 4.78 is 0. The normalized spacial score (nSPS) is 23.6. The maximum absolute atomic E-state index is 11.9. The number of carbonyl (C=O) groups excluding carboxylic acids is 1. The zero-order valence-corrected chi connectivity index (χ0v) is 10.5. The minimum absolute atomic E-state index is 0.0195. The first-order chi connectivity index (χ1) is 8.19. The zero-order valence-electron chi connectivity index (χ0n) is 9.72. The van der Waals surface area contributed by atoms with Crippen molar-refractivity contribution in [3.63, 3.8) is 0 Å². The van der Waals surface area contributed by atoms with Gasteiger partial charge in [0.1, 0.15) is 5.75 Å². The Kier molecular flexibility index (Phi) is 3.89. The molecule has 0 aliphatic heterocycles. The Balaban J connectivity index is 1.94. The van der Waals surface area contributed by atoms with Crippen LogP contribution in [0.2, 0.25) is 0 Å². The molecular weight excluding hydrogens is 236 g/mol. The minimum Gasteiger partial charge on any atom is -0.506 e. The van der Waals surface area contributed by atoms with Crippen molar-refractivity contribution in [1.82, 2.24) is 10.3 Å². The molecular formula is C12H16N2O2S. The van der Waals surface area contributed by atoms with Gasteiger partial charge < -0.3 is 10.4 Å². The second kappa shape index (κ2) is 5.40. The Labute approximate surface area is 105 Å². The first kappa shape index (κ1) is 12.2. The number of pyridine rings is 1. The van der Waals surface area contributed by atoms with Crippen LogP contribution >= 0.6 is 11.8 Å². The van der Waals surface area contributed by atoms with Crippen LogP contribution < -0.4 is 5.32 Å². The van der Waals surface area contributed by atoms with Crippen LogP contribution in [-0.4, -0.2) is 33.5 Å². The maximum atomic E-state index is 11.9. The molecule has 1 aromatic heterocycles. The largest absolute Gasteiger partial charge is 0.506 e. The number of carbonyl (C=O) groups is 1. The highest BCUT2D eigenvalue weighted by molar-refractivity contribution is 7.99. The summed E-state index contributed by atoms with van der Waals surface area (Å²) in [6.45, 7) is 0. The second-order valence-corrected chi connectivity index (χ2v) is 5.41. The van der Waals surface area contributed by atoms with Crippen molar-refractivity contribution in [1.29, 1.82) is 0 Å². The van der Waals surface area contributed by atoms with E-state index in [9.17, 15) is 9.90 Å². The van der Waals surface area contributed by atoms with Gasteiger partial charge in [0.05, 0.1) is 11.8 Å². The lowest BCUT2D eigenvalue weighted by Gasteiger charge is -2.12. The van der Waals surface area contributed by atoms with Gasteiger partial charge in [-0.25, -0.2) is 0 Å². The van der Waals surface area contributed by atoms with Gasteiger partial charge in [0.2, 0.25) is 0 Å². The van der Waals surface area contributed by atoms with Crippen LogP contribution in [0.5, 0.6) is 5.75 Å². The predicted octanol–water partition coefficient (Wildman–Crippen LogP) is 1.80. The van der Waals surface area contributed by atoms with Gasteiger partial charge in [-0.1, -0.05) is 0 Å². The molecule has 1 aliphatic carbocycles. The van der Waals surface area contributed by atoms with E-state index in [0.717, 1.165) is 19.3 Å². The number of nitrogens with zero attached hydrogens (tertiary/aromatic N) is 1. The van der Waals surface area contributed by atoms with Crippen molar-refractivity contribution < 1.29 is 9.90 Å². The summed E-state index contributed by atoms with van der Waals surface area (Å²) in [7, 11) is 0. The molecule has 2 N–H and O–H groups in total. The topological polar surface area (TPSA) is 62.2 Å². The van der Waals surface area contributed by atoms with Crippen LogP contribution in [0.15, 0.2) is 18.5 Å². The van der Waals surface area contributed by atoms with Crippen LogP contribution in [0.4, 0.5) is 0 Å². The van der Waals surface area contributed by atoms with Crippen LogP contribution in [0.3, 0.4) is 0 Å². The molecule has 2 rings (SSSR count).